The van der Waals surface area contributed by atoms with E-state index < -0.39 is 10.0 Å². The number of methoxy groups -OCH3 is 1. The molecule has 0 aliphatic carbocycles. The van der Waals surface area contributed by atoms with Crippen LogP contribution in [-0.4, -0.2) is 15.5 Å². The van der Waals surface area contributed by atoms with Gasteiger partial charge in [-0.25, -0.2) is 8.42 Å². The maximum atomic E-state index is 12.1. The predicted octanol–water partition coefficient (Wildman–Crippen LogP) is 3.86. The third kappa shape index (κ3) is 3.33. The van der Waals surface area contributed by atoms with E-state index in [4.69, 9.17) is 27.9 Å². The fourth-order valence-electron chi connectivity index (χ4n) is 1.40. The Morgan fingerprint density at radius 2 is 1.95 bits per heavy atom. The van der Waals surface area contributed by atoms with E-state index in [1.54, 1.807) is 12.1 Å². The standard InChI is InChI=1S/C11H9Cl2NO3S2/c1-17-9-3-2-7(12)6-8(9)14-19(15,16)11-5-4-10(13)18-11/h2-6,14H,1H3. The van der Waals surface area contributed by atoms with Gasteiger partial charge in [-0.3, -0.25) is 4.72 Å². The number of halogens is 2. The van der Waals surface area contributed by atoms with Crippen LogP contribution in [0.15, 0.2) is 34.5 Å². The van der Waals surface area contributed by atoms with Crippen molar-refractivity contribution in [2.24, 2.45) is 0 Å². The van der Waals surface area contributed by atoms with Crippen molar-refractivity contribution in [2.75, 3.05) is 11.8 Å². The normalized spacial score (nSPS) is 11.3. The summed E-state index contributed by atoms with van der Waals surface area (Å²) < 4.78 is 32.3. The van der Waals surface area contributed by atoms with Gasteiger partial charge in [0, 0.05) is 5.02 Å². The highest BCUT2D eigenvalue weighted by atomic mass is 35.5. The smallest absolute Gasteiger partial charge is 0.271 e. The van der Waals surface area contributed by atoms with Crippen molar-refractivity contribution in [1.29, 1.82) is 0 Å². The summed E-state index contributed by atoms with van der Waals surface area (Å²) in [5, 5.41) is 0.405. The van der Waals surface area contributed by atoms with Crippen LogP contribution < -0.4 is 9.46 Å². The number of hydrogen-bond donors (Lipinski definition) is 1. The molecule has 0 fully saturated rings. The molecule has 0 saturated carbocycles. The van der Waals surface area contributed by atoms with Gasteiger partial charge in [0.1, 0.15) is 9.96 Å². The Morgan fingerprint density at radius 1 is 1.21 bits per heavy atom. The van der Waals surface area contributed by atoms with Crippen molar-refractivity contribution in [3.63, 3.8) is 0 Å². The molecule has 1 aromatic heterocycles. The summed E-state index contributed by atoms with van der Waals surface area (Å²) >= 11 is 12.6. The molecule has 2 rings (SSSR count). The molecule has 0 atom stereocenters. The number of rotatable bonds is 4. The topological polar surface area (TPSA) is 55.4 Å². The van der Waals surface area contributed by atoms with Gasteiger partial charge in [-0.2, -0.15) is 0 Å². The van der Waals surface area contributed by atoms with Gasteiger partial charge in [0.15, 0.2) is 0 Å². The van der Waals surface area contributed by atoms with Gasteiger partial charge in [0.25, 0.3) is 10.0 Å². The molecular formula is C11H9Cl2NO3S2. The van der Waals surface area contributed by atoms with Crippen molar-refractivity contribution < 1.29 is 13.2 Å². The number of ether oxygens (including phenoxy) is 1. The molecule has 102 valence electrons. The van der Waals surface area contributed by atoms with Crippen molar-refractivity contribution >= 4 is 50.2 Å². The number of nitrogens with one attached hydrogen (secondary N) is 1. The zero-order valence-electron chi connectivity index (χ0n) is 9.68. The number of thiophene rings is 1. The van der Waals surface area contributed by atoms with Crippen LogP contribution >= 0.6 is 34.5 Å². The minimum absolute atomic E-state index is 0.125. The molecule has 4 nitrogen and oxygen atoms in total. The van der Waals surface area contributed by atoms with E-state index >= 15 is 0 Å². The van der Waals surface area contributed by atoms with Crippen LogP contribution in [-0.2, 0) is 10.0 Å². The lowest BCUT2D eigenvalue weighted by Crippen LogP contribution is -2.12. The number of benzene rings is 1. The van der Waals surface area contributed by atoms with Crippen LogP contribution in [0.5, 0.6) is 5.75 Å². The lowest BCUT2D eigenvalue weighted by Gasteiger charge is -2.11. The Hall–Kier alpha value is -0.950. The van der Waals surface area contributed by atoms with Crippen molar-refractivity contribution in [2.45, 2.75) is 4.21 Å². The van der Waals surface area contributed by atoms with E-state index in [-0.39, 0.29) is 9.90 Å². The molecule has 0 spiro atoms. The van der Waals surface area contributed by atoms with E-state index in [0.29, 0.717) is 15.1 Å². The summed E-state index contributed by atoms with van der Waals surface area (Å²) in [6.45, 7) is 0. The maximum absolute atomic E-state index is 12.1. The summed E-state index contributed by atoms with van der Waals surface area (Å²) in [4.78, 5) is 0. The van der Waals surface area contributed by atoms with E-state index in [2.05, 4.69) is 4.72 Å². The monoisotopic (exact) mass is 337 g/mol. The van der Waals surface area contributed by atoms with Gasteiger partial charge in [-0.05, 0) is 30.3 Å². The average molecular weight is 338 g/mol. The largest absolute Gasteiger partial charge is 0.495 e. The van der Waals surface area contributed by atoms with Crippen LogP contribution in [0.3, 0.4) is 0 Å². The van der Waals surface area contributed by atoms with Gasteiger partial charge in [-0.15, -0.1) is 11.3 Å². The first-order valence-corrected chi connectivity index (χ1v) is 8.09. The third-order valence-corrected chi connectivity index (χ3v) is 5.54. The number of sulfonamides is 1. The van der Waals surface area contributed by atoms with Crippen LogP contribution in [0.1, 0.15) is 0 Å². The molecule has 1 N–H and O–H groups in total. The summed E-state index contributed by atoms with van der Waals surface area (Å²) in [6.07, 6.45) is 0. The van der Waals surface area contributed by atoms with Gasteiger partial charge in [0.2, 0.25) is 0 Å². The van der Waals surface area contributed by atoms with Crippen molar-refractivity contribution in [1.82, 2.24) is 0 Å². The van der Waals surface area contributed by atoms with Crippen molar-refractivity contribution in [3.8, 4) is 5.75 Å². The quantitative estimate of drug-likeness (QED) is 0.921. The summed E-state index contributed by atoms with van der Waals surface area (Å²) in [5.41, 5.74) is 0.277. The Bertz CT molecular complexity index is 698. The van der Waals surface area contributed by atoms with E-state index in [1.165, 1.54) is 25.3 Å². The van der Waals surface area contributed by atoms with E-state index in [0.717, 1.165) is 11.3 Å². The molecule has 2 aromatic rings. The Kier molecular flexibility index (Phi) is 4.25. The number of hydrogen-bond acceptors (Lipinski definition) is 4. The minimum atomic E-state index is -3.70. The van der Waals surface area contributed by atoms with Crippen molar-refractivity contribution in [3.05, 3.63) is 39.7 Å². The minimum Gasteiger partial charge on any atom is -0.495 e. The molecule has 0 bridgehead atoms. The van der Waals surface area contributed by atoms with Crippen LogP contribution in [0.2, 0.25) is 9.36 Å². The predicted molar refractivity (Wildman–Crippen MR) is 78.1 cm³/mol. The second-order valence-electron chi connectivity index (χ2n) is 3.51. The average Bonchev–Trinajstić information content (AvgIpc) is 2.76. The SMILES string of the molecule is COc1ccc(Cl)cc1NS(=O)(=O)c1ccc(Cl)s1. The van der Waals surface area contributed by atoms with Gasteiger partial charge in [-0.1, -0.05) is 23.2 Å². The second-order valence-corrected chi connectivity index (χ2v) is 7.57. The number of anilines is 1. The van der Waals surface area contributed by atoms with E-state index in [1.807, 2.05) is 0 Å². The first-order chi connectivity index (χ1) is 8.92. The molecule has 0 radical (unpaired) electrons. The van der Waals surface area contributed by atoms with Gasteiger partial charge >= 0.3 is 0 Å². The fraction of sp³-hybridized carbons (Fsp3) is 0.0909. The van der Waals surface area contributed by atoms with Gasteiger partial charge < -0.3 is 4.74 Å². The molecular weight excluding hydrogens is 329 g/mol. The Balaban J connectivity index is 2.38. The lowest BCUT2D eigenvalue weighted by molar-refractivity contribution is 0.417. The molecule has 0 aliphatic rings. The Morgan fingerprint density at radius 3 is 2.53 bits per heavy atom. The third-order valence-electron chi connectivity index (χ3n) is 2.22. The molecule has 0 aliphatic heterocycles. The zero-order valence-corrected chi connectivity index (χ0v) is 12.8. The highest BCUT2D eigenvalue weighted by molar-refractivity contribution is 7.94. The first kappa shape index (κ1) is 14.5. The lowest BCUT2D eigenvalue weighted by atomic mass is 10.3. The molecule has 1 aromatic carbocycles. The van der Waals surface area contributed by atoms with Crippen LogP contribution in [0, 0.1) is 0 Å². The summed E-state index contributed by atoms with van der Waals surface area (Å²) in [5.74, 6) is 0.385. The Labute approximate surface area is 125 Å². The zero-order chi connectivity index (χ0) is 14.0. The van der Waals surface area contributed by atoms with Gasteiger partial charge in [0.05, 0.1) is 17.1 Å². The molecule has 8 heteroatoms. The summed E-state index contributed by atoms with van der Waals surface area (Å²) in [6, 6.07) is 7.64. The van der Waals surface area contributed by atoms with Crippen LogP contribution in [0.25, 0.3) is 0 Å². The molecule has 0 amide bonds. The second kappa shape index (κ2) is 5.58. The highest BCUT2D eigenvalue weighted by Crippen LogP contribution is 2.32. The molecule has 1 heterocycles. The molecule has 19 heavy (non-hydrogen) atoms. The maximum Gasteiger partial charge on any atom is 0.271 e. The molecule has 0 saturated heterocycles. The molecule has 0 unspecified atom stereocenters. The fourth-order valence-corrected chi connectivity index (χ4v) is 4.11. The highest BCUT2D eigenvalue weighted by Gasteiger charge is 2.18. The first-order valence-electron chi connectivity index (χ1n) is 5.04. The van der Waals surface area contributed by atoms with E-state index in [9.17, 15) is 8.42 Å². The van der Waals surface area contributed by atoms with Crippen LogP contribution in [0.4, 0.5) is 5.69 Å². The summed E-state index contributed by atoms with van der Waals surface area (Å²) in [7, 11) is -2.25.